The summed E-state index contributed by atoms with van der Waals surface area (Å²) in [7, 11) is 0. The topological polar surface area (TPSA) is 75.9 Å². The summed E-state index contributed by atoms with van der Waals surface area (Å²) in [6, 6.07) is 2.42. The lowest BCUT2D eigenvalue weighted by molar-refractivity contribution is 0.747. The minimum absolute atomic E-state index is 0.560. The number of aryl methyl sites for hydroxylation is 1. The molecule has 1 aromatic heterocycles. The highest BCUT2D eigenvalue weighted by Crippen LogP contribution is 2.22. The fourth-order valence-electron chi connectivity index (χ4n) is 2.08. The van der Waals surface area contributed by atoms with Crippen molar-refractivity contribution in [2.45, 2.75) is 45.1 Å². The van der Waals surface area contributed by atoms with Gasteiger partial charge in [0, 0.05) is 18.5 Å². The summed E-state index contributed by atoms with van der Waals surface area (Å²) in [5, 5.41) is 3.44. The highest BCUT2D eigenvalue weighted by molar-refractivity contribution is 5.47. The highest BCUT2D eigenvalue weighted by atomic mass is 15.3. The van der Waals surface area contributed by atoms with E-state index in [-0.39, 0.29) is 0 Å². The first-order chi connectivity index (χ1) is 7.81. The minimum Gasteiger partial charge on any atom is -0.367 e. The van der Waals surface area contributed by atoms with Crippen molar-refractivity contribution in [3.8, 4) is 0 Å². The quantitative estimate of drug-likeness (QED) is 0.532. The zero-order chi connectivity index (χ0) is 11.4. The Balaban J connectivity index is 2.12. The van der Waals surface area contributed by atoms with Gasteiger partial charge in [0.1, 0.15) is 17.5 Å². The molecule has 0 unspecified atom stereocenters. The molecule has 1 fully saturated rings. The largest absolute Gasteiger partial charge is 0.367 e. The van der Waals surface area contributed by atoms with Gasteiger partial charge in [-0.3, -0.25) is 0 Å². The molecule has 0 amide bonds. The van der Waals surface area contributed by atoms with Crippen LogP contribution < -0.4 is 16.6 Å². The molecule has 0 radical (unpaired) electrons. The van der Waals surface area contributed by atoms with Crippen LogP contribution in [-0.4, -0.2) is 16.0 Å². The van der Waals surface area contributed by atoms with Crippen molar-refractivity contribution in [1.82, 2.24) is 9.97 Å². The molecule has 1 saturated carbocycles. The fourth-order valence-corrected chi connectivity index (χ4v) is 2.08. The van der Waals surface area contributed by atoms with Gasteiger partial charge < -0.3 is 10.7 Å². The third kappa shape index (κ3) is 2.61. The Labute approximate surface area is 95.8 Å². The maximum atomic E-state index is 5.38. The average Bonchev–Trinajstić information content (AvgIpc) is 2.81. The van der Waals surface area contributed by atoms with E-state index in [4.69, 9.17) is 5.84 Å². The van der Waals surface area contributed by atoms with Gasteiger partial charge in [0.25, 0.3) is 0 Å². The summed E-state index contributed by atoms with van der Waals surface area (Å²) in [6.07, 6.45) is 5.90. The second kappa shape index (κ2) is 5.12. The first-order valence-corrected chi connectivity index (χ1v) is 5.93. The monoisotopic (exact) mass is 221 g/mol. The molecule has 88 valence electrons. The maximum absolute atomic E-state index is 5.38. The standard InChI is InChI=1S/C11H19N5/c1-2-9-14-10(7-11(15-9)16-12)13-8-5-3-4-6-8/h7-8H,2-6,12H2,1H3,(H2,13,14,15,16). The van der Waals surface area contributed by atoms with Crippen molar-refractivity contribution < 1.29 is 0 Å². The van der Waals surface area contributed by atoms with E-state index in [2.05, 4.69) is 20.7 Å². The first-order valence-electron chi connectivity index (χ1n) is 5.93. The highest BCUT2D eigenvalue weighted by Gasteiger charge is 2.15. The Morgan fingerprint density at radius 2 is 2.00 bits per heavy atom. The molecule has 0 spiro atoms. The Kier molecular flexibility index (Phi) is 3.56. The van der Waals surface area contributed by atoms with Crippen molar-refractivity contribution in [3.63, 3.8) is 0 Å². The van der Waals surface area contributed by atoms with E-state index >= 15 is 0 Å². The molecule has 1 aromatic rings. The summed E-state index contributed by atoms with van der Waals surface area (Å²) < 4.78 is 0. The molecule has 4 N–H and O–H groups in total. The number of hydrazine groups is 1. The van der Waals surface area contributed by atoms with Gasteiger partial charge in [0.05, 0.1) is 0 Å². The van der Waals surface area contributed by atoms with Gasteiger partial charge in [-0.2, -0.15) is 0 Å². The molecule has 0 atom stereocenters. The smallest absolute Gasteiger partial charge is 0.145 e. The summed E-state index contributed by atoms with van der Waals surface area (Å²) in [6.45, 7) is 2.04. The third-order valence-electron chi connectivity index (χ3n) is 2.94. The molecule has 0 aliphatic heterocycles. The number of nitrogens with zero attached hydrogens (tertiary/aromatic N) is 2. The lowest BCUT2D eigenvalue weighted by atomic mass is 10.2. The van der Waals surface area contributed by atoms with Gasteiger partial charge in [0.2, 0.25) is 0 Å². The Morgan fingerprint density at radius 3 is 2.62 bits per heavy atom. The van der Waals surface area contributed by atoms with Crippen molar-refractivity contribution >= 4 is 11.6 Å². The molecular formula is C11H19N5. The number of nitrogens with two attached hydrogens (primary N) is 1. The number of anilines is 2. The van der Waals surface area contributed by atoms with Crippen molar-refractivity contribution in [3.05, 3.63) is 11.9 Å². The molecule has 2 rings (SSSR count). The second-order valence-corrected chi connectivity index (χ2v) is 4.18. The number of nitrogen functional groups attached to an aromatic ring is 1. The fraction of sp³-hybridized carbons (Fsp3) is 0.636. The van der Waals surface area contributed by atoms with Crippen LogP contribution in [0.4, 0.5) is 11.6 Å². The van der Waals surface area contributed by atoms with Gasteiger partial charge in [-0.05, 0) is 12.8 Å². The zero-order valence-electron chi connectivity index (χ0n) is 9.66. The van der Waals surface area contributed by atoms with Gasteiger partial charge >= 0.3 is 0 Å². The van der Waals surface area contributed by atoms with Gasteiger partial charge in [-0.1, -0.05) is 19.8 Å². The van der Waals surface area contributed by atoms with E-state index in [9.17, 15) is 0 Å². The molecule has 5 heteroatoms. The summed E-state index contributed by atoms with van der Waals surface area (Å²) in [5.74, 6) is 7.75. The molecule has 16 heavy (non-hydrogen) atoms. The molecule has 1 aliphatic carbocycles. The van der Waals surface area contributed by atoms with E-state index in [0.29, 0.717) is 11.9 Å². The number of hydrogen-bond donors (Lipinski definition) is 3. The molecular weight excluding hydrogens is 202 g/mol. The van der Waals surface area contributed by atoms with Crippen LogP contribution in [0.3, 0.4) is 0 Å². The lowest BCUT2D eigenvalue weighted by Gasteiger charge is -2.14. The van der Waals surface area contributed by atoms with E-state index in [1.165, 1.54) is 25.7 Å². The predicted molar refractivity (Wildman–Crippen MR) is 65.1 cm³/mol. The lowest BCUT2D eigenvalue weighted by Crippen LogP contribution is -2.17. The second-order valence-electron chi connectivity index (χ2n) is 4.18. The normalized spacial score (nSPS) is 16.4. The Bertz CT molecular complexity index is 324. The van der Waals surface area contributed by atoms with Crippen LogP contribution in [0.15, 0.2) is 6.07 Å². The zero-order valence-corrected chi connectivity index (χ0v) is 9.66. The number of aromatic nitrogens is 2. The van der Waals surface area contributed by atoms with Crippen LogP contribution in [0, 0.1) is 0 Å². The molecule has 0 aromatic carbocycles. The third-order valence-corrected chi connectivity index (χ3v) is 2.94. The van der Waals surface area contributed by atoms with Gasteiger partial charge in [-0.15, -0.1) is 0 Å². The van der Waals surface area contributed by atoms with Crippen molar-refractivity contribution in [2.24, 2.45) is 5.84 Å². The number of rotatable bonds is 4. The van der Waals surface area contributed by atoms with Crippen LogP contribution in [0.2, 0.25) is 0 Å². The summed E-state index contributed by atoms with van der Waals surface area (Å²) in [4.78, 5) is 8.70. The van der Waals surface area contributed by atoms with Crippen LogP contribution in [0.25, 0.3) is 0 Å². The minimum atomic E-state index is 0.560. The molecule has 1 aliphatic rings. The molecule has 1 heterocycles. The van der Waals surface area contributed by atoms with E-state index in [1.807, 2.05) is 13.0 Å². The Morgan fingerprint density at radius 1 is 1.31 bits per heavy atom. The predicted octanol–water partition coefficient (Wildman–Crippen LogP) is 1.68. The van der Waals surface area contributed by atoms with E-state index in [1.54, 1.807) is 0 Å². The molecule has 0 saturated heterocycles. The van der Waals surface area contributed by atoms with Crippen molar-refractivity contribution in [2.75, 3.05) is 10.7 Å². The van der Waals surface area contributed by atoms with Crippen LogP contribution in [-0.2, 0) is 6.42 Å². The molecule has 5 nitrogen and oxygen atoms in total. The summed E-state index contributed by atoms with van der Waals surface area (Å²) >= 11 is 0. The van der Waals surface area contributed by atoms with Crippen LogP contribution in [0.5, 0.6) is 0 Å². The van der Waals surface area contributed by atoms with Crippen LogP contribution >= 0.6 is 0 Å². The first kappa shape index (κ1) is 11.1. The van der Waals surface area contributed by atoms with E-state index in [0.717, 1.165) is 18.1 Å². The van der Waals surface area contributed by atoms with Gasteiger partial charge in [0.15, 0.2) is 0 Å². The Hall–Kier alpha value is -1.36. The van der Waals surface area contributed by atoms with Crippen LogP contribution in [0.1, 0.15) is 38.4 Å². The van der Waals surface area contributed by atoms with E-state index < -0.39 is 0 Å². The number of hydrogen-bond acceptors (Lipinski definition) is 5. The SMILES string of the molecule is CCc1nc(NN)cc(NC2CCCC2)n1. The van der Waals surface area contributed by atoms with Crippen molar-refractivity contribution in [1.29, 1.82) is 0 Å². The maximum Gasteiger partial charge on any atom is 0.145 e. The number of nitrogens with one attached hydrogen (secondary N) is 2. The molecule has 0 bridgehead atoms. The summed E-state index contributed by atoms with van der Waals surface area (Å²) in [5.41, 5.74) is 2.58. The average molecular weight is 221 g/mol. The van der Waals surface area contributed by atoms with Gasteiger partial charge in [-0.25, -0.2) is 15.8 Å².